The highest BCUT2D eigenvalue weighted by molar-refractivity contribution is 7.07. The topological polar surface area (TPSA) is 56.6 Å². The van der Waals surface area contributed by atoms with Crippen LogP contribution in [0.3, 0.4) is 0 Å². The van der Waals surface area contributed by atoms with E-state index in [9.17, 15) is 4.79 Å². The predicted octanol–water partition coefficient (Wildman–Crippen LogP) is 7.97. The Morgan fingerprint density at radius 2 is 1.35 bits per heavy atom. The highest BCUT2D eigenvalue weighted by Gasteiger charge is 2.17. The van der Waals surface area contributed by atoms with E-state index >= 15 is 0 Å². The lowest BCUT2D eigenvalue weighted by molar-refractivity contribution is 0.630. The number of rotatable bonds is 8. The lowest BCUT2D eigenvalue weighted by Gasteiger charge is -2.10. The van der Waals surface area contributed by atoms with Crippen molar-refractivity contribution in [1.29, 1.82) is 0 Å². The third kappa shape index (κ3) is 5.72. The Labute approximate surface area is 255 Å². The van der Waals surface area contributed by atoms with Gasteiger partial charge < -0.3 is 0 Å². The molecule has 0 saturated carbocycles. The Bertz CT molecular complexity index is 2000. The van der Waals surface area contributed by atoms with E-state index in [2.05, 4.69) is 73.0 Å². The summed E-state index contributed by atoms with van der Waals surface area (Å²) in [6.07, 6.45) is 1.76. The van der Waals surface area contributed by atoms with E-state index < -0.39 is 0 Å². The molecule has 214 valence electrons. The van der Waals surface area contributed by atoms with Gasteiger partial charge in [-0.1, -0.05) is 116 Å². The van der Waals surface area contributed by atoms with Gasteiger partial charge in [-0.25, -0.2) is 14.4 Å². The molecule has 6 nitrogen and oxygen atoms in total. The summed E-state index contributed by atoms with van der Waals surface area (Å²) in [5.74, 6) is 0. The minimum Gasteiger partial charge on any atom is -0.283 e. The molecule has 4 aromatic carbocycles. The third-order valence-corrected chi connectivity index (χ3v) is 8.34. The molecular formula is C36H33N5OS. The second-order valence-electron chi connectivity index (χ2n) is 10.3. The fraction of sp³-hybridized carbons (Fsp3) is 0.139. The summed E-state index contributed by atoms with van der Waals surface area (Å²) < 4.78 is 5.41. The number of thiazole rings is 1. The average Bonchev–Trinajstić information content (AvgIpc) is 3.55. The standard InChI is InChI=1S/C36H33N5OS/c1-4-14-32(29-17-10-6-11-18-29)38-40-33(30-23-21-28(22-24-30)27-15-8-5-9-16-27)25-43-36(40)37-34-26(2)39(3)41(35(34)42)31-19-12-7-13-20-31/h5-13,15-25H,4,14H2,1-3H3. The van der Waals surface area contributed by atoms with Gasteiger partial charge in [-0.3, -0.25) is 9.48 Å². The van der Waals surface area contributed by atoms with Crippen LogP contribution >= 0.6 is 11.3 Å². The van der Waals surface area contributed by atoms with Gasteiger partial charge in [-0.05, 0) is 42.2 Å². The Balaban J connectivity index is 1.54. The van der Waals surface area contributed by atoms with Gasteiger partial charge in [0.1, 0.15) is 0 Å². The zero-order valence-corrected chi connectivity index (χ0v) is 25.3. The maximum Gasteiger partial charge on any atom is 0.297 e. The summed E-state index contributed by atoms with van der Waals surface area (Å²) in [7, 11) is 1.89. The predicted molar refractivity (Wildman–Crippen MR) is 177 cm³/mol. The molecule has 43 heavy (non-hydrogen) atoms. The van der Waals surface area contributed by atoms with Crippen LogP contribution < -0.4 is 10.4 Å². The van der Waals surface area contributed by atoms with E-state index in [1.165, 1.54) is 16.9 Å². The molecule has 0 amide bonds. The molecule has 0 N–H and O–H groups in total. The van der Waals surface area contributed by atoms with Gasteiger partial charge in [0.25, 0.3) is 5.56 Å². The molecule has 0 aliphatic heterocycles. The van der Waals surface area contributed by atoms with Gasteiger partial charge in [0, 0.05) is 18.0 Å². The van der Waals surface area contributed by atoms with Crippen LogP contribution in [0.2, 0.25) is 0 Å². The lowest BCUT2D eigenvalue weighted by atomic mass is 10.0. The van der Waals surface area contributed by atoms with Crippen LogP contribution in [0.15, 0.2) is 136 Å². The Kier molecular flexibility index (Phi) is 8.16. The molecule has 0 aliphatic carbocycles. The maximum absolute atomic E-state index is 13.7. The maximum atomic E-state index is 13.7. The molecule has 2 heterocycles. The number of nitrogens with zero attached hydrogens (tertiary/aromatic N) is 5. The monoisotopic (exact) mass is 583 g/mol. The van der Waals surface area contributed by atoms with Crippen LogP contribution in [0, 0.1) is 6.92 Å². The van der Waals surface area contributed by atoms with Crippen molar-refractivity contribution in [1.82, 2.24) is 14.0 Å². The Hall–Kier alpha value is -5.01. The van der Waals surface area contributed by atoms with Crippen LogP contribution in [-0.2, 0) is 7.05 Å². The fourth-order valence-electron chi connectivity index (χ4n) is 5.15. The molecular weight excluding hydrogens is 550 g/mol. The van der Waals surface area contributed by atoms with Gasteiger partial charge in [-0.2, -0.15) is 5.10 Å². The number of hydrogen-bond donors (Lipinski definition) is 0. The van der Waals surface area contributed by atoms with Crippen molar-refractivity contribution >= 4 is 22.7 Å². The lowest BCUT2D eigenvalue weighted by Crippen LogP contribution is -2.20. The average molecular weight is 584 g/mol. The van der Waals surface area contributed by atoms with Crippen LogP contribution in [0.5, 0.6) is 0 Å². The van der Waals surface area contributed by atoms with Crippen LogP contribution in [-0.4, -0.2) is 19.8 Å². The number of benzene rings is 4. The SMILES string of the molecule is CCCC(=Nn1c(-c2ccc(-c3ccccc3)cc2)csc1=Nc1c(C)n(C)n(-c2ccccc2)c1=O)c1ccccc1. The summed E-state index contributed by atoms with van der Waals surface area (Å²) in [5.41, 5.74) is 8.12. The van der Waals surface area contributed by atoms with E-state index in [-0.39, 0.29) is 5.56 Å². The van der Waals surface area contributed by atoms with Crippen molar-refractivity contribution < 1.29 is 0 Å². The highest BCUT2D eigenvalue weighted by atomic mass is 32.1. The summed E-state index contributed by atoms with van der Waals surface area (Å²) >= 11 is 1.48. The Morgan fingerprint density at radius 1 is 0.767 bits per heavy atom. The van der Waals surface area contributed by atoms with Crippen molar-refractivity contribution in [3.63, 3.8) is 0 Å². The van der Waals surface area contributed by atoms with Crippen molar-refractivity contribution in [2.45, 2.75) is 26.7 Å². The molecule has 6 aromatic rings. The fourth-order valence-corrected chi connectivity index (χ4v) is 5.99. The molecule has 6 rings (SSSR count). The summed E-state index contributed by atoms with van der Waals surface area (Å²) in [5, 5.41) is 7.28. The van der Waals surface area contributed by atoms with Gasteiger partial charge in [0.2, 0.25) is 4.80 Å². The molecule has 0 spiro atoms. The third-order valence-electron chi connectivity index (χ3n) is 7.52. The molecule has 0 atom stereocenters. The first kappa shape index (κ1) is 28.1. The van der Waals surface area contributed by atoms with Crippen LogP contribution in [0.4, 0.5) is 5.69 Å². The molecule has 0 bridgehead atoms. The zero-order valence-electron chi connectivity index (χ0n) is 24.5. The number of aromatic nitrogens is 3. The normalized spacial score (nSPS) is 12.2. The van der Waals surface area contributed by atoms with Gasteiger partial charge in [-0.15, -0.1) is 11.3 Å². The quantitative estimate of drug-likeness (QED) is 0.168. The first-order chi connectivity index (χ1) is 21.0. The van der Waals surface area contributed by atoms with E-state index in [0.29, 0.717) is 10.5 Å². The summed E-state index contributed by atoms with van der Waals surface area (Å²) in [6.45, 7) is 4.08. The molecule has 0 fully saturated rings. The highest BCUT2D eigenvalue weighted by Crippen LogP contribution is 2.26. The van der Waals surface area contributed by atoms with Gasteiger partial charge in [0.15, 0.2) is 5.69 Å². The van der Waals surface area contributed by atoms with Gasteiger partial charge in [0.05, 0.1) is 22.8 Å². The van der Waals surface area contributed by atoms with E-state index in [0.717, 1.165) is 52.3 Å². The van der Waals surface area contributed by atoms with Crippen molar-refractivity contribution in [2.75, 3.05) is 0 Å². The molecule has 0 aliphatic rings. The van der Waals surface area contributed by atoms with E-state index in [1.54, 1.807) is 4.68 Å². The second-order valence-corrected chi connectivity index (χ2v) is 11.2. The van der Waals surface area contributed by atoms with Crippen molar-refractivity contribution in [3.05, 3.63) is 147 Å². The summed E-state index contributed by atoms with van der Waals surface area (Å²) in [6, 6.07) is 38.8. The van der Waals surface area contributed by atoms with Crippen LogP contribution in [0.1, 0.15) is 31.0 Å². The first-order valence-electron chi connectivity index (χ1n) is 14.4. The summed E-state index contributed by atoms with van der Waals surface area (Å²) in [4.78, 5) is 19.4. The first-order valence-corrected chi connectivity index (χ1v) is 15.3. The van der Waals surface area contributed by atoms with Gasteiger partial charge >= 0.3 is 0 Å². The van der Waals surface area contributed by atoms with E-state index in [4.69, 9.17) is 10.1 Å². The molecule has 0 radical (unpaired) electrons. The molecule has 7 heteroatoms. The van der Waals surface area contributed by atoms with Crippen LogP contribution in [0.25, 0.3) is 28.1 Å². The minimum atomic E-state index is -0.166. The largest absolute Gasteiger partial charge is 0.297 e. The minimum absolute atomic E-state index is 0.166. The second kappa shape index (κ2) is 12.5. The smallest absolute Gasteiger partial charge is 0.283 e. The van der Waals surface area contributed by atoms with Crippen molar-refractivity contribution in [2.24, 2.45) is 17.1 Å². The Morgan fingerprint density at radius 3 is 2.00 bits per heavy atom. The molecule has 0 saturated heterocycles. The zero-order chi connectivity index (χ0) is 29.8. The molecule has 0 unspecified atom stereocenters. The number of hydrogen-bond acceptors (Lipinski definition) is 4. The van der Waals surface area contributed by atoms with E-state index in [1.807, 2.05) is 77.9 Å². The van der Waals surface area contributed by atoms with Crippen molar-refractivity contribution in [3.8, 4) is 28.1 Å². The molecule has 2 aromatic heterocycles. The number of para-hydroxylation sites is 1.